The number of nitrogens with zero attached hydrogens (tertiary/aromatic N) is 2. The zero-order valence-corrected chi connectivity index (χ0v) is 16.2. The van der Waals surface area contributed by atoms with Crippen LogP contribution in [0.2, 0.25) is 0 Å². The minimum atomic E-state index is -0.170. The van der Waals surface area contributed by atoms with Crippen LogP contribution in [-0.4, -0.2) is 35.6 Å². The first-order valence-electron chi connectivity index (χ1n) is 8.40. The van der Waals surface area contributed by atoms with Crippen LogP contribution in [0, 0.1) is 0 Å². The average Bonchev–Trinajstić information content (AvgIpc) is 3.13. The van der Waals surface area contributed by atoms with Crippen molar-refractivity contribution in [3.8, 4) is 11.5 Å². The number of hydrogen-bond donors (Lipinski definition) is 1. The number of ether oxygens (including phenoxy) is 2. The third-order valence-corrected chi connectivity index (χ3v) is 6.09. The topological polar surface area (TPSA) is 72.8 Å². The highest BCUT2D eigenvalue weighted by atomic mass is 32.2. The van der Waals surface area contributed by atoms with Gasteiger partial charge in [0.1, 0.15) is 13.2 Å². The van der Waals surface area contributed by atoms with Crippen molar-refractivity contribution in [2.75, 3.05) is 19.0 Å². The summed E-state index contributed by atoms with van der Waals surface area (Å²) in [6.07, 6.45) is 0. The molecule has 1 aliphatic heterocycles. The summed E-state index contributed by atoms with van der Waals surface area (Å²) in [5.74, 6) is 1.52. The van der Waals surface area contributed by atoms with Gasteiger partial charge in [0.25, 0.3) is 5.91 Å². The smallest absolute Gasteiger partial charge is 0.250 e. The number of benzene rings is 2. The third kappa shape index (κ3) is 4.23. The first-order valence-corrected chi connectivity index (χ1v) is 10.2. The SMILES string of the molecule is C/C(=N/NC(=O)CSc1nc2ccccc2s1)c1ccc2c(c1)OCCO2. The number of thioether (sulfide) groups is 1. The van der Waals surface area contributed by atoms with Gasteiger partial charge >= 0.3 is 0 Å². The van der Waals surface area contributed by atoms with Gasteiger partial charge in [-0.25, -0.2) is 10.4 Å². The van der Waals surface area contributed by atoms with E-state index in [1.54, 1.807) is 11.3 Å². The lowest BCUT2D eigenvalue weighted by Crippen LogP contribution is -2.21. The third-order valence-electron chi connectivity index (χ3n) is 3.91. The summed E-state index contributed by atoms with van der Waals surface area (Å²) in [4.78, 5) is 16.6. The Kier molecular flexibility index (Phi) is 5.26. The van der Waals surface area contributed by atoms with E-state index in [1.165, 1.54) is 11.8 Å². The van der Waals surface area contributed by atoms with Crippen LogP contribution in [-0.2, 0) is 4.79 Å². The predicted octanol–water partition coefficient (Wildman–Crippen LogP) is 3.70. The Labute approximate surface area is 164 Å². The number of para-hydroxylation sites is 1. The molecule has 0 aliphatic carbocycles. The molecule has 2 aromatic carbocycles. The Hall–Kier alpha value is -2.58. The maximum absolute atomic E-state index is 12.1. The first-order chi connectivity index (χ1) is 13.2. The summed E-state index contributed by atoms with van der Waals surface area (Å²) in [6.45, 7) is 2.93. The average molecular weight is 399 g/mol. The molecule has 1 aliphatic rings. The first kappa shape index (κ1) is 17.8. The zero-order valence-electron chi connectivity index (χ0n) is 14.6. The molecule has 1 amide bonds. The van der Waals surface area contributed by atoms with Crippen LogP contribution in [0.1, 0.15) is 12.5 Å². The van der Waals surface area contributed by atoms with Crippen molar-refractivity contribution in [3.05, 3.63) is 48.0 Å². The molecular formula is C19H17N3O3S2. The lowest BCUT2D eigenvalue weighted by Gasteiger charge is -2.18. The van der Waals surface area contributed by atoms with Crippen molar-refractivity contribution in [3.63, 3.8) is 0 Å². The van der Waals surface area contributed by atoms with E-state index in [1.807, 2.05) is 49.4 Å². The molecule has 0 atom stereocenters. The number of hydrazone groups is 1. The van der Waals surface area contributed by atoms with Gasteiger partial charge in [0.05, 0.1) is 21.7 Å². The number of fused-ring (bicyclic) bond motifs is 2. The normalized spacial score (nSPS) is 13.6. The molecule has 0 saturated carbocycles. The highest BCUT2D eigenvalue weighted by Crippen LogP contribution is 2.31. The number of rotatable bonds is 5. The zero-order chi connectivity index (χ0) is 18.6. The van der Waals surface area contributed by atoms with Crippen LogP contribution in [0.3, 0.4) is 0 Å². The van der Waals surface area contributed by atoms with Crippen LogP contribution in [0.25, 0.3) is 10.2 Å². The molecule has 0 unspecified atom stereocenters. The molecule has 0 spiro atoms. The van der Waals surface area contributed by atoms with Crippen LogP contribution >= 0.6 is 23.1 Å². The Morgan fingerprint density at radius 1 is 1.22 bits per heavy atom. The molecule has 3 aromatic rings. The molecule has 6 nitrogen and oxygen atoms in total. The van der Waals surface area contributed by atoms with Crippen molar-refractivity contribution in [1.29, 1.82) is 0 Å². The molecule has 0 radical (unpaired) electrons. The number of aromatic nitrogens is 1. The van der Waals surface area contributed by atoms with Gasteiger partial charge in [-0.1, -0.05) is 23.9 Å². The predicted molar refractivity (Wildman–Crippen MR) is 108 cm³/mol. The van der Waals surface area contributed by atoms with Crippen LogP contribution in [0.15, 0.2) is 51.9 Å². The fraction of sp³-hybridized carbons (Fsp3) is 0.211. The molecule has 0 saturated heterocycles. The van der Waals surface area contributed by atoms with Crippen molar-refractivity contribution >= 4 is 44.9 Å². The molecule has 1 aromatic heterocycles. The van der Waals surface area contributed by atoms with E-state index in [9.17, 15) is 4.79 Å². The number of nitrogens with one attached hydrogen (secondary N) is 1. The van der Waals surface area contributed by atoms with E-state index in [0.29, 0.717) is 24.7 Å². The van der Waals surface area contributed by atoms with Crippen LogP contribution < -0.4 is 14.9 Å². The maximum Gasteiger partial charge on any atom is 0.250 e. The van der Waals surface area contributed by atoms with E-state index in [-0.39, 0.29) is 11.7 Å². The minimum absolute atomic E-state index is 0.170. The molecule has 0 bridgehead atoms. The maximum atomic E-state index is 12.1. The number of hydrogen-bond acceptors (Lipinski definition) is 7. The van der Waals surface area contributed by atoms with Gasteiger partial charge in [0.15, 0.2) is 15.8 Å². The number of carbonyl (C=O) groups is 1. The van der Waals surface area contributed by atoms with Crippen LogP contribution in [0.5, 0.6) is 11.5 Å². The Morgan fingerprint density at radius 2 is 2.04 bits per heavy atom. The van der Waals surface area contributed by atoms with Gasteiger partial charge in [-0.3, -0.25) is 4.79 Å². The Bertz CT molecular complexity index is 983. The van der Waals surface area contributed by atoms with E-state index in [4.69, 9.17) is 9.47 Å². The minimum Gasteiger partial charge on any atom is -0.486 e. The number of amides is 1. The Balaban J connectivity index is 1.35. The summed E-state index contributed by atoms with van der Waals surface area (Å²) in [7, 11) is 0. The lowest BCUT2D eigenvalue weighted by atomic mass is 10.1. The quantitative estimate of drug-likeness (QED) is 0.402. The fourth-order valence-electron chi connectivity index (χ4n) is 2.55. The van der Waals surface area contributed by atoms with E-state index in [2.05, 4.69) is 15.5 Å². The Morgan fingerprint density at radius 3 is 2.89 bits per heavy atom. The second kappa shape index (κ2) is 7.98. The standard InChI is InChI=1S/C19H17N3O3S2/c1-12(13-6-7-15-16(10-13)25-9-8-24-15)21-22-18(23)11-26-19-20-14-4-2-3-5-17(14)27-19/h2-7,10H,8-9,11H2,1H3,(H,22,23)/b21-12-. The second-order valence-electron chi connectivity index (χ2n) is 5.83. The summed E-state index contributed by atoms with van der Waals surface area (Å²) in [6, 6.07) is 13.6. The van der Waals surface area contributed by atoms with Gasteiger partial charge < -0.3 is 9.47 Å². The monoisotopic (exact) mass is 399 g/mol. The molecule has 2 heterocycles. The van der Waals surface area contributed by atoms with Gasteiger partial charge in [0, 0.05) is 5.56 Å². The highest BCUT2D eigenvalue weighted by Gasteiger charge is 2.13. The van der Waals surface area contributed by atoms with Crippen molar-refractivity contribution in [1.82, 2.24) is 10.4 Å². The van der Waals surface area contributed by atoms with Crippen molar-refractivity contribution < 1.29 is 14.3 Å². The largest absolute Gasteiger partial charge is 0.486 e. The second-order valence-corrected chi connectivity index (χ2v) is 8.08. The molecule has 8 heteroatoms. The number of carbonyl (C=O) groups excluding carboxylic acids is 1. The molecule has 4 rings (SSSR count). The molecule has 27 heavy (non-hydrogen) atoms. The lowest BCUT2D eigenvalue weighted by molar-refractivity contribution is -0.118. The summed E-state index contributed by atoms with van der Waals surface area (Å²) in [5, 5.41) is 4.19. The number of thiazole rings is 1. The molecule has 1 N–H and O–H groups in total. The molecular weight excluding hydrogens is 382 g/mol. The molecule has 138 valence electrons. The van der Waals surface area contributed by atoms with Gasteiger partial charge in [-0.05, 0) is 37.3 Å². The molecule has 0 fully saturated rings. The van der Waals surface area contributed by atoms with Gasteiger partial charge in [0.2, 0.25) is 0 Å². The van der Waals surface area contributed by atoms with Crippen molar-refractivity contribution in [2.24, 2.45) is 5.10 Å². The van der Waals surface area contributed by atoms with Crippen molar-refractivity contribution in [2.45, 2.75) is 11.3 Å². The summed E-state index contributed by atoms with van der Waals surface area (Å²) >= 11 is 2.99. The van der Waals surface area contributed by atoms with E-state index >= 15 is 0 Å². The van der Waals surface area contributed by atoms with Crippen LogP contribution in [0.4, 0.5) is 0 Å². The van der Waals surface area contributed by atoms with Gasteiger partial charge in [-0.2, -0.15) is 5.10 Å². The summed E-state index contributed by atoms with van der Waals surface area (Å²) in [5.41, 5.74) is 5.13. The summed E-state index contributed by atoms with van der Waals surface area (Å²) < 4.78 is 13.1. The van der Waals surface area contributed by atoms with E-state index in [0.717, 1.165) is 25.9 Å². The fourth-order valence-corrected chi connectivity index (χ4v) is 4.41. The van der Waals surface area contributed by atoms with Gasteiger partial charge in [-0.15, -0.1) is 11.3 Å². The highest BCUT2D eigenvalue weighted by molar-refractivity contribution is 8.01. The van der Waals surface area contributed by atoms with E-state index < -0.39 is 0 Å².